The first-order valence-corrected chi connectivity index (χ1v) is 7.23. The first-order chi connectivity index (χ1) is 11.3. The van der Waals surface area contributed by atoms with Crippen molar-refractivity contribution in [3.05, 3.63) is 42.1 Å². The molecule has 0 saturated heterocycles. The van der Waals surface area contributed by atoms with E-state index in [1.165, 1.54) is 31.4 Å². The molecule has 1 aliphatic rings. The van der Waals surface area contributed by atoms with Gasteiger partial charge in [0.25, 0.3) is 11.3 Å². The SMILES string of the molecule is CNC(=O)C1OC(Cl)=NC1(c1ccc2ncccc2c1)C(F)(F)F. The fraction of sp³-hybridized carbons (Fsp3) is 0.267. The van der Waals surface area contributed by atoms with Gasteiger partial charge in [0, 0.05) is 18.6 Å². The number of ether oxygens (including phenoxy) is 1. The second-order valence-electron chi connectivity index (χ2n) is 5.15. The molecule has 0 radical (unpaired) electrons. The van der Waals surface area contributed by atoms with Crippen molar-refractivity contribution in [2.45, 2.75) is 17.8 Å². The number of hydrogen-bond acceptors (Lipinski definition) is 4. The van der Waals surface area contributed by atoms with Crippen LogP contribution < -0.4 is 5.32 Å². The molecule has 2 atom stereocenters. The number of alkyl halides is 3. The number of likely N-dealkylation sites (N-methyl/N-ethyl adjacent to an activating group) is 1. The van der Waals surface area contributed by atoms with Crippen molar-refractivity contribution in [3.8, 4) is 0 Å². The molecule has 0 aliphatic carbocycles. The van der Waals surface area contributed by atoms with Gasteiger partial charge in [0.15, 0.2) is 0 Å². The van der Waals surface area contributed by atoms with E-state index in [-0.39, 0.29) is 5.56 Å². The monoisotopic (exact) mass is 357 g/mol. The number of nitrogens with zero attached hydrogens (tertiary/aromatic N) is 2. The van der Waals surface area contributed by atoms with Gasteiger partial charge < -0.3 is 10.1 Å². The molecule has 1 aliphatic heterocycles. The Labute approximate surface area is 139 Å². The summed E-state index contributed by atoms with van der Waals surface area (Å²) in [7, 11) is 1.21. The minimum atomic E-state index is -4.91. The van der Waals surface area contributed by atoms with E-state index in [2.05, 4.69) is 15.3 Å². The van der Waals surface area contributed by atoms with Crippen LogP contribution in [0.4, 0.5) is 13.2 Å². The summed E-state index contributed by atoms with van der Waals surface area (Å²) in [5.41, 5.74) is -2.65. The molecule has 0 bridgehead atoms. The lowest BCUT2D eigenvalue weighted by Crippen LogP contribution is -2.54. The Morgan fingerprint density at radius 3 is 2.79 bits per heavy atom. The topological polar surface area (TPSA) is 63.6 Å². The number of amides is 1. The molecule has 1 aromatic carbocycles. The number of carbonyl (C=O) groups excluding carboxylic acids is 1. The van der Waals surface area contributed by atoms with Crippen LogP contribution in [0.5, 0.6) is 0 Å². The van der Waals surface area contributed by atoms with E-state index in [1.807, 2.05) is 0 Å². The zero-order valence-corrected chi connectivity index (χ0v) is 13.0. The van der Waals surface area contributed by atoms with Crippen molar-refractivity contribution < 1.29 is 22.7 Å². The largest absolute Gasteiger partial charge is 0.452 e. The van der Waals surface area contributed by atoms with E-state index >= 15 is 0 Å². The van der Waals surface area contributed by atoms with Gasteiger partial charge in [-0.05, 0) is 35.4 Å². The molecule has 3 rings (SSSR count). The third-order valence-corrected chi connectivity index (χ3v) is 3.99. The predicted octanol–water partition coefficient (Wildman–Crippen LogP) is 2.73. The summed E-state index contributed by atoms with van der Waals surface area (Å²) >= 11 is 5.60. The second kappa shape index (κ2) is 5.62. The molecule has 0 fully saturated rings. The Kier molecular flexibility index (Phi) is 3.87. The quantitative estimate of drug-likeness (QED) is 0.899. The highest BCUT2D eigenvalue weighted by molar-refractivity contribution is 6.63. The first-order valence-electron chi connectivity index (χ1n) is 6.85. The highest BCUT2D eigenvalue weighted by Crippen LogP contribution is 2.50. The lowest BCUT2D eigenvalue weighted by molar-refractivity contribution is -0.207. The van der Waals surface area contributed by atoms with Crippen LogP contribution in [0.3, 0.4) is 0 Å². The lowest BCUT2D eigenvalue weighted by atomic mass is 9.83. The van der Waals surface area contributed by atoms with Crippen LogP contribution in [0.2, 0.25) is 0 Å². The Hall–Kier alpha value is -2.35. The van der Waals surface area contributed by atoms with Gasteiger partial charge in [0.05, 0.1) is 5.52 Å². The van der Waals surface area contributed by atoms with Crippen molar-refractivity contribution in [1.82, 2.24) is 10.3 Å². The van der Waals surface area contributed by atoms with Crippen LogP contribution in [-0.4, -0.2) is 35.6 Å². The van der Waals surface area contributed by atoms with Crippen LogP contribution in [0.15, 0.2) is 41.5 Å². The molecule has 1 amide bonds. The molecule has 0 spiro atoms. The summed E-state index contributed by atoms with van der Waals surface area (Å²) in [4.78, 5) is 19.5. The van der Waals surface area contributed by atoms with Crippen LogP contribution in [-0.2, 0) is 15.1 Å². The second-order valence-corrected chi connectivity index (χ2v) is 5.48. The van der Waals surface area contributed by atoms with Crippen molar-refractivity contribution >= 4 is 33.8 Å². The van der Waals surface area contributed by atoms with Gasteiger partial charge in [0.2, 0.25) is 11.6 Å². The lowest BCUT2D eigenvalue weighted by Gasteiger charge is -2.32. The predicted molar refractivity (Wildman–Crippen MR) is 81.7 cm³/mol. The van der Waals surface area contributed by atoms with Crippen LogP contribution >= 0.6 is 11.6 Å². The van der Waals surface area contributed by atoms with Crippen molar-refractivity contribution in [3.63, 3.8) is 0 Å². The summed E-state index contributed by atoms with van der Waals surface area (Å²) in [5.74, 6) is -0.974. The average Bonchev–Trinajstić information content (AvgIpc) is 2.92. The van der Waals surface area contributed by atoms with Gasteiger partial charge in [0.1, 0.15) is 0 Å². The molecule has 1 N–H and O–H groups in total. The number of hydrogen-bond donors (Lipinski definition) is 1. The highest BCUT2D eigenvalue weighted by Gasteiger charge is 2.67. The fourth-order valence-electron chi connectivity index (χ4n) is 2.68. The van der Waals surface area contributed by atoms with Crippen molar-refractivity contribution in [2.24, 2.45) is 4.99 Å². The Bertz CT molecular complexity index is 840. The molecule has 2 aromatic rings. The molecule has 5 nitrogen and oxygen atoms in total. The minimum absolute atomic E-state index is 0.250. The Morgan fingerprint density at radius 2 is 2.12 bits per heavy atom. The van der Waals surface area contributed by atoms with E-state index in [0.717, 1.165) is 0 Å². The molecular weight excluding hydrogens is 347 g/mol. The van der Waals surface area contributed by atoms with E-state index in [1.54, 1.807) is 12.1 Å². The van der Waals surface area contributed by atoms with E-state index < -0.39 is 29.1 Å². The number of halogens is 4. The molecule has 2 heterocycles. The third-order valence-electron chi connectivity index (χ3n) is 3.82. The smallest absolute Gasteiger partial charge is 0.422 e. The average molecular weight is 358 g/mol. The van der Waals surface area contributed by atoms with Gasteiger partial charge in [-0.15, -0.1) is 0 Å². The number of rotatable bonds is 2. The molecule has 1 aromatic heterocycles. The zero-order chi connectivity index (χ0) is 17.5. The first kappa shape index (κ1) is 16.5. The number of aromatic nitrogens is 1. The van der Waals surface area contributed by atoms with Gasteiger partial charge in [-0.1, -0.05) is 12.1 Å². The number of aliphatic imine (C=N–C) groups is 1. The van der Waals surface area contributed by atoms with Crippen LogP contribution in [0, 0.1) is 0 Å². The summed E-state index contributed by atoms with van der Waals surface area (Å²) in [6, 6.07) is 7.16. The maximum atomic E-state index is 14.0. The number of carbonyl (C=O) groups is 1. The number of nitrogens with one attached hydrogen (secondary N) is 1. The van der Waals surface area contributed by atoms with Gasteiger partial charge in [-0.2, -0.15) is 13.2 Å². The molecule has 2 unspecified atom stereocenters. The Morgan fingerprint density at radius 1 is 1.38 bits per heavy atom. The highest BCUT2D eigenvalue weighted by atomic mass is 35.5. The third kappa shape index (κ3) is 2.37. The number of pyridine rings is 1. The van der Waals surface area contributed by atoms with Crippen LogP contribution in [0.25, 0.3) is 10.9 Å². The van der Waals surface area contributed by atoms with Crippen molar-refractivity contribution in [1.29, 1.82) is 0 Å². The summed E-state index contributed by atoms with van der Waals surface area (Å²) < 4.78 is 46.8. The van der Waals surface area contributed by atoms with Gasteiger partial charge in [-0.3, -0.25) is 9.78 Å². The van der Waals surface area contributed by atoms with Gasteiger partial charge in [-0.25, -0.2) is 4.99 Å². The van der Waals surface area contributed by atoms with E-state index in [9.17, 15) is 18.0 Å². The fourth-order valence-corrected chi connectivity index (χ4v) is 2.91. The van der Waals surface area contributed by atoms with Crippen LogP contribution in [0.1, 0.15) is 5.56 Å². The normalized spacial score (nSPS) is 23.7. The summed E-state index contributed by atoms with van der Waals surface area (Å²) in [6.45, 7) is 0. The minimum Gasteiger partial charge on any atom is -0.452 e. The van der Waals surface area contributed by atoms with Gasteiger partial charge >= 0.3 is 6.18 Å². The summed E-state index contributed by atoms with van der Waals surface area (Å²) in [5, 5.41) is 1.92. The molecule has 9 heteroatoms. The number of fused-ring (bicyclic) bond motifs is 1. The standard InChI is InChI=1S/C15H11ClF3N3O2/c1-20-12(23)11-14(15(17,18)19,22-13(16)24-11)9-4-5-10-8(7-9)3-2-6-21-10/h2-7,11H,1H3,(H,20,23). The summed E-state index contributed by atoms with van der Waals surface area (Å²) in [6.07, 6.45) is -5.33. The van der Waals surface area contributed by atoms with Crippen molar-refractivity contribution in [2.75, 3.05) is 7.05 Å². The molecule has 24 heavy (non-hydrogen) atoms. The molecule has 0 saturated carbocycles. The number of benzene rings is 1. The zero-order valence-electron chi connectivity index (χ0n) is 12.3. The Balaban J connectivity index is 2.27. The van der Waals surface area contributed by atoms with E-state index in [4.69, 9.17) is 16.3 Å². The maximum absolute atomic E-state index is 14.0. The molecule has 126 valence electrons. The van der Waals surface area contributed by atoms with E-state index in [0.29, 0.717) is 10.9 Å². The molecular formula is C15H11ClF3N3O2. The maximum Gasteiger partial charge on any atom is 0.422 e.